The van der Waals surface area contributed by atoms with E-state index in [1.807, 2.05) is 24.3 Å². The van der Waals surface area contributed by atoms with Crippen molar-refractivity contribution in [3.05, 3.63) is 35.4 Å². The predicted octanol–water partition coefficient (Wildman–Crippen LogP) is 2.16. The summed E-state index contributed by atoms with van der Waals surface area (Å²) in [4.78, 5) is 0. The van der Waals surface area contributed by atoms with Gasteiger partial charge in [0.15, 0.2) is 0 Å². The van der Waals surface area contributed by atoms with Crippen LogP contribution in [-0.4, -0.2) is 13.1 Å². The molecule has 2 atom stereocenters. The summed E-state index contributed by atoms with van der Waals surface area (Å²) in [5.74, 6) is 0.123. The molecule has 88 valence electrons. The summed E-state index contributed by atoms with van der Waals surface area (Å²) in [6.07, 6.45) is 1.21. The second-order valence-electron chi connectivity index (χ2n) is 4.45. The first-order valence-corrected chi connectivity index (χ1v) is 5.95. The van der Waals surface area contributed by atoms with Gasteiger partial charge in [-0.05, 0) is 30.5 Å². The molecule has 1 aliphatic rings. The van der Waals surface area contributed by atoms with Gasteiger partial charge in [0.2, 0.25) is 0 Å². The fourth-order valence-electron chi connectivity index (χ4n) is 2.24. The number of rotatable bonds is 3. The third-order valence-electron chi connectivity index (χ3n) is 3.28. The highest BCUT2D eigenvalue weighted by molar-refractivity contribution is 5.24. The van der Waals surface area contributed by atoms with E-state index in [1.165, 1.54) is 0 Å². The standard InChI is InChI=1S/C13H19FN2/c14-13(12-2-1-7-16-9-12)11-5-3-10(8-15)4-6-11/h3-6,12-13,16H,1-2,7-9,15H2. The van der Waals surface area contributed by atoms with Gasteiger partial charge >= 0.3 is 0 Å². The van der Waals surface area contributed by atoms with Gasteiger partial charge in [-0.1, -0.05) is 24.3 Å². The molecular formula is C13H19FN2. The Balaban J connectivity index is 2.04. The molecular weight excluding hydrogens is 203 g/mol. The largest absolute Gasteiger partial charge is 0.326 e. The number of alkyl halides is 1. The molecule has 0 aliphatic carbocycles. The molecule has 0 saturated carbocycles. The molecule has 1 heterocycles. The lowest BCUT2D eigenvalue weighted by molar-refractivity contribution is 0.194. The fourth-order valence-corrected chi connectivity index (χ4v) is 2.24. The molecule has 0 amide bonds. The Kier molecular flexibility index (Phi) is 3.91. The van der Waals surface area contributed by atoms with Gasteiger partial charge in [-0.3, -0.25) is 0 Å². The van der Waals surface area contributed by atoms with Crippen LogP contribution in [0.5, 0.6) is 0 Å². The van der Waals surface area contributed by atoms with Gasteiger partial charge in [0.05, 0.1) is 0 Å². The number of halogens is 1. The minimum Gasteiger partial charge on any atom is -0.326 e. The topological polar surface area (TPSA) is 38.0 Å². The van der Waals surface area contributed by atoms with E-state index in [0.717, 1.165) is 37.1 Å². The molecule has 1 fully saturated rings. The quantitative estimate of drug-likeness (QED) is 0.822. The maximum atomic E-state index is 14.2. The van der Waals surface area contributed by atoms with Crippen molar-refractivity contribution in [3.8, 4) is 0 Å². The fraction of sp³-hybridized carbons (Fsp3) is 0.538. The van der Waals surface area contributed by atoms with E-state index >= 15 is 0 Å². The van der Waals surface area contributed by atoms with Crippen molar-refractivity contribution in [2.75, 3.05) is 13.1 Å². The van der Waals surface area contributed by atoms with Gasteiger partial charge in [0.25, 0.3) is 0 Å². The van der Waals surface area contributed by atoms with Gasteiger partial charge in [-0.2, -0.15) is 0 Å². The Bertz CT molecular complexity index is 317. The number of hydrogen-bond acceptors (Lipinski definition) is 2. The van der Waals surface area contributed by atoms with Crippen LogP contribution in [0.2, 0.25) is 0 Å². The molecule has 3 N–H and O–H groups in total. The first-order valence-electron chi connectivity index (χ1n) is 5.95. The Labute approximate surface area is 96.0 Å². The van der Waals surface area contributed by atoms with Crippen LogP contribution in [0, 0.1) is 5.92 Å². The van der Waals surface area contributed by atoms with Crippen molar-refractivity contribution in [1.29, 1.82) is 0 Å². The SMILES string of the molecule is NCc1ccc(C(F)C2CCCNC2)cc1. The van der Waals surface area contributed by atoms with E-state index in [2.05, 4.69) is 5.32 Å². The van der Waals surface area contributed by atoms with Crippen molar-refractivity contribution in [1.82, 2.24) is 5.32 Å². The maximum Gasteiger partial charge on any atom is 0.129 e. The molecule has 1 saturated heterocycles. The average Bonchev–Trinajstić information content (AvgIpc) is 2.39. The number of benzene rings is 1. The maximum absolute atomic E-state index is 14.2. The van der Waals surface area contributed by atoms with Gasteiger partial charge in [0.1, 0.15) is 6.17 Å². The average molecular weight is 222 g/mol. The van der Waals surface area contributed by atoms with Crippen LogP contribution in [0.15, 0.2) is 24.3 Å². The van der Waals surface area contributed by atoms with Crippen molar-refractivity contribution in [2.24, 2.45) is 11.7 Å². The molecule has 1 aliphatic heterocycles. The van der Waals surface area contributed by atoms with E-state index in [-0.39, 0.29) is 5.92 Å². The van der Waals surface area contributed by atoms with Crippen LogP contribution in [-0.2, 0) is 6.54 Å². The second-order valence-corrected chi connectivity index (χ2v) is 4.45. The van der Waals surface area contributed by atoms with Crippen molar-refractivity contribution >= 4 is 0 Å². The zero-order chi connectivity index (χ0) is 11.4. The van der Waals surface area contributed by atoms with Crippen LogP contribution >= 0.6 is 0 Å². The predicted molar refractivity (Wildman–Crippen MR) is 63.8 cm³/mol. The normalized spacial score (nSPS) is 23.0. The lowest BCUT2D eigenvalue weighted by atomic mass is 9.90. The molecule has 1 aromatic rings. The number of nitrogens with two attached hydrogens (primary N) is 1. The Morgan fingerprint density at radius 1 is 1.38 bits per heavy atom. The van der Waals surface area contributed by atoms with Crippen molar-refractivity contribution < 1.29 is 4.39 Å². The van der Waals surface area contributed by atoms with Crippen LogP contribution in [0.25, 0.3) is 0 Å². The van der Waals surface area contributed by atoms with Crippen LogP contribution in [0.1, 0.15) is 30.1 Å². The lowest BCUT2D eigenvalue weighted by Gasteiger charge is -2.26. The molecule has 0 aromatic heterocycles. The van der Waals surface area contributed by atoms with E-state index in [0.29, 0.717) is 6.54 Å². The van der Waals surface area contributed by atoms with Crippen LogP contribution in [0.3, 0.4) is 0 Å². The summed E-state index contributed by atoms with van der Waals surface area (Å²) in [7, 11) is 0. The monoisotopic (exact) mass is 222 g/mol. The molecule has 0 spiro atoms. The highest BCUT2D eigenvalue weighted by atomic mass is 19.1. The highest BCUT2D eigenvalue weighted by Gasteiger charge is 2.24. The molecule has 1 aromatic carbocycles. The third-order valence-corrected chi connectivity index (χ3v) is 3.28. The summed E-state index contributed by atoms with van der Waals surface area (Å²) in [5.41, 5.74) is 7.35. The summed E-state index contributed by atoms with van der Waals surface area (Å²) in [5, 5.41) is 3.25. The summed E-state index contributed by atoms with van der Waals surface area (Å²) >= 11 is 0. The lowest BCUT2D eigenvalue weighted by Crippen LogP contribution is -2.32. The van der Waals surface area contributed by atoms with E-state index in [4.69, 9.17) is 5.73 Å². The highest BCUT2D eigenvalue weighted by Crippen LogP contribution is 2.30. The second kappa shape index (κ2) is 5.41. The minimum atomic E-state index is -0.848. The molecule has 3 heteroatoms. The summed E-state index contributed by atoms with van der Waals surface area (Å²) in [6.45, 7) is 2.33. The Hall–Kier alpha value is -0.930. The van der Waals surface area contributed by atoms with Crippen molar-refractivity contribution in [3.63, 3.8) is 0 Å². The number of nitrogens with one attached hydrogen (secondary N) is 1. The zero-order valence-corrected chi connectivity index (χ0v) is 9.45. The van der Waals surface area contributed by atoms with Gasteiger partial charge in [-0.15, -0.1) is 0 Å². The van der Waals surface area contributed by atoms with Crippen molar-refractivity contribution in [2.45, 2.75) is 25.6 Å². The molecule has 2 unspecified atom stereocenters. The Morgan fingerprint density at radius 2 is 2.12 bits per heavy atom. The first kappa shape index (κ1) is 11.6. The van der Waals surface area contributed by atoms with E-state index < -0.39 is 6.17 Å². The van der Waals surface area contributed by atoms with Gasteiger partial charge < -0.3 is 11.1 Å². The number of piperidine rings is 1. The van der Waals surface area contributed by atoms with E-state index in [1.54, 1.807) is 0 Å². The zero-order valence-electron chi connectivity index (χ0n) is 9.45. The summed E-state index contributed by atoms with van der Waals surface area (Å²) < 4.78 is 14.2. The van der Waals surface area contributed by atoms with Crippen LogP contribution in [0.4, 0.5) is 4.39 Å². The van der Waals surface area contributed by atoms with Crippen LogP contribution < -0.4 is 11.1 Å². The number of hydrogen-bond donors (Lipinski definition) is 2. The van der Waals surface area contributed by atoms with Gasteiger partial charge in [-0.25, -0.2) is 4.39 Å². The third kappa shape index (κ3) is 2.60. The molecule has 2 rings (SSSR count). The van der Waals surface area contributed by atoms with Gasteiger partial charge in [0, 0.05) is 19.0 Å². The minimum absolute atomic E-state index is 0.123. The molecule has 16 heavy (non-hydrogen) atoms. The smallest absolute Gasteiger partial charge is 0.129 e. The first-order chi connectivity index (χ1) is 7.81. The molecule has 0 bridgehead atoms. The van der Waals surface area contributed by atoms with E-state index in [9.17, 15) is 4.39 Å². The molecule has 2 nitrogen and oxygen atoms in total. The summed E-state index contributed by atoms with van der Waals surface area (Å²) in [6, 6.07) is 7.55. The Morgan fingerprint density at radius 3 is 2.69 bits per heavy atom. The molecule has 0 radical (unpaired) electrons.